The number of hydrogen-bond donors (Lipinski definition) is 2. The lowest BCUT2D eigenvalue weighted by molar-refractivity contribution is -0.129. The molecule has 1 unspecified atom stereocenters. The maximum atomic E-state index is 12.7. The number of nitrogens with zero attached hydrogens (tertiary/aromatic N) is 3. The Balaban J connectivity index is 1.44. The summed E-state index contributed by atoms with van der Waals surface area (Å²) in [6.07, 6.45) is 6.23. The third-order valence-corrected chi connectivity index (χ3v) is 4.79. The van der Waals surface area contributed by atoms with Gasteiger partial charge in [-0.05, 0) is 18.1 Å². The fourth-order valence-corrected chi connectivity index (χ4v) is 3.40. The number of nitrogens with two attached hydrogens (primary N) is 1. The van der Waals surface area contributed by atoms with Crippen LogP contribution >= 0.6 is 0 Å². The van der Waals surface area contributed by atoms with Gasteiger partial charge in [0.05, 0.1) is 24.2 Å². The number of para-hydroxylation sites is 1. The van der Waals surface area contributed by atoms with Gasteiger partial charge in [0.25, 0.3) is 5.91 Å². The molecule has 3 heterocycles. The van der Waals surface area contributed by atoms with Crippen molar-refractivity contribution in [1.29, 1.82) is 0 Å². The van der Waals surface area contributed by atoms with E-state index in [1.807, 2.05) is 35.4 Å². The lowest BCUT2D eigenvalue weighted by Crippen LogP contribution is -2.30. The molecule has 3 aromatic rings. The molecule has 1 saturated heterocycles. The standard InChI is InChI=1S/C18H19N5O2/c19-18(25)13-9-21-23(10-13)14-5-6-22(11-14)17(24)7-12-8-20-16-4-2-1-3-15(12)16/h1-4,8-10,14,20H,5-7,11H2,(H2,19,25). The molecular formula is C18H19N5O2. The Labute approximate surface area is 144 Å². The minimum Gasteiger partial charge on any atom is -0.366 e. The summed E-state index contributed by atoms with van der Waals surface area (Å²) in [6, 6.07) is 8.06. The zero-order valence-corrected chi connectivity index (χ0v) is 13.7. The van der Waals surface area contributed by atoms with Gasteiger partial charge >= 0.3 is 0 Å². The highest BCUT2D eigenvalue weighted by Gasteiger charge is 2.28. The Morgan fingerprint density at radius 2 is 2.16 bits per heavy atom. The molecule has 1 aromatic carbocycles. The number of fused-ring (bicyclic) bond motifs is 1. The van der Waals surface area contributed by atoms with E-state index in [0.717, 1.165) is 22.9 Å². The van der Waals surface area contributed by atoms with Crippen molar-refractivity contribution in [2.45, 2.75) is 18.9 Å². The highest BCUT2D eigenvalue weighted by Crippen LogP contribution is 2.24. The number of likely N-dealkylation sites (tertiary alicyclic amines) is 1. The van der Waals surface area contributed by atoms with Crippen molar-refractivity contribution in [3.8, 4) is 0 Å². The first-order chi connectivity index (χ1) is 12.1. The van der Waals surface area contributed by atoms with Crippen molar-refractivity contribution < 1.29 is 9.59 Å². The third kappa shape index (κ3) is 2.88. The zero-order valence-electron chi connectivity index (χ0n) is 13.7. The zero-order chi connectivity index (χ0) is 17.4. The molecular weight excluding hydrogens is 318 g/mol. The van der Waals surface area contributed by atoms with Gasteiger partial charge in [-0.25, -0.2) is 0 Å². The molecule has 0 aliphatic carbocycles. The Morgan fingerprint density at radius 3 is 2.96 bits per heavy atom. The summed E-state index contributed by atoms with van der Waals surface area (Å²) in [5.41, 5.74) is 7.71. The summed E-state index contributed by atoms with van der Waals surface area (Å²) in [5, 5.41) is 5.29. The number of rotatable bonds is 4. The smallest absolute Gasteiger partial charge is 0.251 e. The van der Waals surface area contributed by atoms with Crippen LogP contribution in [0.25, 0.3) is 10.9 Å². The topological polar surface area (TPSA) is 97.0 Å². The van der Waals surface area contributed by atoms with E-state index in [4.69, 9.17) is 5.73 Å². The predicted octanol–water partition coefficient (Wildman–Crippen LogP) is 1.48. The lowest BCUT2D eigenvalue weighted by Gasteiger charge is -2.16. The first-order valence-electron chi connectivity index (χ1n) is 8.28. The average Bonchev–Trinajstić information content (AvgIpc) is 3.34. The van der Waals surface area contributed by atoms with Gasteiger partial charge in [0, 0.05) is 36.4 Å². The van der Waals surface area contributed by atoms with Gasteiger partial charge in [-0.15, -0.1) is 0 Å². The van der Waals surface area contributed by atoms with Gasteiger partial charge in [0.1, 0.15) is 0 Å². The van der Waals surface area contributed by atoms with Crippen LogP contribution in [0.15, 0.2) is 42.9 Å². The summed E-state index contributed by atoms with van der Waals surface area (Å²) in [6.45, 7) is 1.29. The van der Waals surface area contributed by atoms with E-state index in [1.165, 1.54) is 6.20 Å². The van der Waals surface area contributed by atoms with Crippen LogP contribution in [0.3, 0.4) is 0 Å². The Kier molecular flexibility index (Phi) is 3.76. The molecule has 0 radical (unpaired) electrons. The Hall–Kier alpha value is -3.09. The van der Waals surface area contributed by atoms with E-state index in [1.54, 1.807) is 10.9 Å². The molecule has 0 bridgehead atoms. The minimum absolute atomic E-state index is 0.0834. The molecule has 1 aliphatic rings. The maximum absolute atomic E-state index is 12.7. The van der Waals surface area contributed by atoms with Crippen LogP contribution < -0.4 is 5.73 Å². The van der Waals surface area contributed by atoms with Crippen LogP contribution in [-0.2, 0) is 11.2 Å². The second-order valence-electron chi connectivity index (χ2n) is 6.39. The SMILES string of the molecule is NC(=O)c1cnn(C2CCN(C(=O)Cc3c[nH]c4ccccc34)C2)c1. The normalized spacial score (nSPS) is 17.3. The van der Waals surface area contributed by atoms with Crippen molar-refractivity contribution in [3.63, 3.8) is 0 Å². The first-order valence-corrected chi connectivity index (χ1v) is 8.28. The summed E-state index contributed by atoms with van der Waals surface area (Å²) < 4.78 is 1.74. The van der Waals surface area contributed by atoms with Crippen LogP contribution in [0.2, 0.25) is 0 Å². The molecule has 0 saturated carbocycles. The van der Waals surface area contributed by atoms with Crippen LogP contribution in [-0.4, -0.2) is 44.6 Å². The largest absolute Gasteiger partial charge is 0.366 e. The third-order valence-electron chi connectivity index (χ3n) is 4.79. The lowest BCUT2D eigenvalue weighted by atomic mass is 10.1. The quantitative estimate of drug-likeness (QED) is 0.754. The van der Waals surface area contributed by atoms with Crippen molar-refractivity contribution in [2.24, 2.45) is 5.73 Å². The number of carbonyl (C=O) groups excluding carboxylic acids is 2. The van der Waals surface area contributed by atoms with E-state index >= 15 is 0 Å². The van der Waals surface area contributed by atoms with Gasteiger partial charge in [-0.1, -0.05) is 18.2 Å². The second-order valence-corrected chi connectivity index (χ2v) is 6.39. The fourth-order valence-electron chi connectivity index (χ4n) is 3.40. The molecule has 1 fully saturated rings. The van der Waals surface area contributed by atoms with Crippen LogP contribution in [0.1, 0.15) is 28.4 Å². The average molecular weight is 337 g/mol. The van der Waals surface area contributed by atoms with Crippen LogP contribution in [0, 0.1) is 0 Å². The van der Waals surface area contributed by atoms with Crippen molar-refractivity contribution in [2.75, 3.05) is 13.1 Å². The monoisotopic (exact) mass is 337 g/mol. The number of aromatic nitrogens is 3. The molecule has 3 N–H and O–H groups in total. The summed E-state index contributed by atoms with van der Waals surface area (Å²) in [5.74, 6) is -0.383. The summed E-state index contributed by atoms with van der Waals surface area (Å²) in [4.78, 5) is 28.9. The van der Waals surface area contributed by atoms with Crippen LogP contribution in [0.5, 0.6) is 0 Å². The number of nitrogens with one attached hydrogen (secondary N) is 1. The number of benzene rings is 1. The van der Waals surface area contributed by atoms with E-state index in [9.17, 15) is 9.59 Å². The predicted molar refractivity (Wildman–Crippen MR) is 93.0 cm³/mol. The molecule has 7 heteroatoms. The number of H-pyrrole nitrogens is 1. The molecule has 2 amide bonds. The van der Waals surface area contributed by atoms with Crippen LogP contribution in [0.4, 0.5) is 0 Å². The van der Waals surface area contributed by atoms with Gasteiger partial charge in [0.2, 0.25) is 5.91 Å². The van der Waals surface area contributed by atoms with E-state index in [2.05, 4.69) is 10.1 Å². The van der Waals surface area contributed by atoms with Gasteiger partial charge in [0.15, 0.2) is 0 Å². The molecule has 7 nitrogen and oxygen atoms in total. The molecule has 1 aliphatic heterocycles. The van der Waals surface area contributed by atoms with E-state index in [-0.39, 0.29) is 11.9 Å². The van der Waals surface area contributed by atoms with Crippen molar-refractivity contribution >= 4 is 22.7 Å². The minimum atomic E-state index is -0.489. The Morgan fingerprint density at radius 1 is 1.32 bits per heavy atom. The number of carbonyl (C=O) groups is 2. The molecule has 25 heavy (non-hydrogen) atoms. The van der Waals surface area contributed by atoms with Crippen molar-refractivity contribution in [3.05, 3.63) is 54.0 Å². The second kappa shape index (κ2) is 6.08. The first kappa shape index (κ1) is 15.4. The highest BCUT2D eigenvalue weighted by molar-refractivity contribution is 5.92. The van der Waals surface area contributed by atoms with Gasteiger partial charge in [-0.3, -0.25) is 14.3 Å². The van der Waals surface area contributed by atoms with Gasteiger partial charge in [-0.2, -0.15) is 5.10 Å². The molecule has 0 spiro atoms. The summed E-state index contributed by atoms with van der Waals surface area (Å²) >= 11 is 0. The van der Waals surface area contributed by atoms with Gasteiger partial charge < -0.3 is 15.6 Å². The molecule has 128 valence electrons. The number of aromatic amines is 1. The number of amides is 2. The molecule has 1 atom stereocenters. The molecule has 4 rings (SSSR count). The Bertz CT molecular complexity index is 942. The number of hydrogen-bond acceptors (Lipinski definition) is 3. The highest BCUT2D eigenvalue weighted by atomic mass is 16.2. The fraction of sp³-hybridized carbons (Fsp3) is 0.278. The summed E-state index contributed by atoms with van der Waals surface area (Å²) in [7, 11) is 0. The van der Waals surface area contributed by atoms with E-state index in [0.29, 0.717) is 25.1 Å². The number of primary amides is 1. The maximum Gasteiger partial charge on any atom is 0.251 e. The van der Waals surface area contributed by atoms with Crippen molar-refractivity contribution in [1.82, 2.24) is 19.7 Å². The molecule has 2 aromatic heterocycles. The van der Waals surface area contributed by atoms with E-state index < -0.39 is 5.91 Å².